The molecule has 0 fully saturated rings. The average Bonchev–Trinajstić information content (AvgIpc) is 2.80. The number of benzene rings is 4. The van der Waals surface area contributed by atoms with E-state index in [1.165, 1.54) is 0 Å². The fraction of sp³-hybridized carbons (Fsp3) is 0.0769. The van der Waals surface area contributed by atoms with E-state index in [2.05, 4.69) is 0 Å². The van der Waals surface area contributed by atoms with Gasteiger partial charge in [0, 0.05) is 10.0 Å². The van der Waals surface area contributed by atoms with Gasteiger partial charge in [-0.05, 0) is 46.5 Å². The quantitative estimate of drug-likeness (QED) is 0.394. The van der Waals surface area contributed by atoms with Gasteiger partial charge in [-0.1, -0.05) is 108 Å². The normalized spacial score (nSPS) is 12.0. The van der Waals surface area contributed by atoms with Crippen molar-refractivity contribution in [3.05, 3.63) is 141 Å². The monoisotopic (exact) mass is 434 g/mol. The fourth-order valence-electron chi connectivity index (χ4n) is 3.91. The van der Waals surface area contributed by atoms with E-state index < -0.39 is 11.2 Å². The molecule has 0 aromatic heterocycles. The van der Waals surface area contributed by atoms with Gasteiger partial charge < -0.3 is 10.2 Å². The average molecular weight is 435 g/mol. The smallest absolute Gasteiger partial charge is 0.152 e. The van der Waals surface area contributed by atoms with Crippen LogP contribution < -0.4 is 0 Å². The summed E-state index contributed by atoms with van der Waals surface area (Å²) < 4.78 is 0. The minimum absolute atomic E-state index is 0.504. The number of hydrogen-bond donors (Lipinski definition) is 2. The highest BCUT2D eigenvalue weighted by molar-refractivity contribution is 6.30. The SMILES string of the molecule is OC(c1ccccc1)(c1ccccc1)C(O)(c1ccc(Cl)cc1)c1ccc(Cl)cc1. The molecule has 0 bridgehead atoms. The summed E-state index contributed by atoms with van der Waals surface area (Å²) in [5.41, 5.74) is -1.50. The van der Waals surface area contributed by atoms with Crippen molar-refractivity contribution in [3.8, 4) is 0 Å². The van der Waals surface area contributed by atoms with Crippen LogP contribution in [-0.2, 0) is 11.2 Å². The molecule has 30 heavy (non-hydrogen) atoms. The van der Waals surface area contributed by atoms with Crippen LogP contribution in [0.25, 0.3) is 0 Å². The molecule has 0 aliphatic rings. The van der Waals surface area contributed by atoms with E-state index in [1.807, 2.05) is 60.7 Å². The summed E-state index contributed by atoms with van der Waals surface area (Å²) >= 11 is 12.2. The molecule has 0 amide bonds. The van der Waals surface area contributed by atoms with Gasteiger partial charge in [-0.25, -0.2) is 0 Å². The highest BCUT2D eigenvalue weighted by Gasteiger charge is 2.54. The number of aliphatic hydroxyl groups is 2. The molecule has 0 atom stereocenters. The van der Waals surface area contributed by atoms with E-state index >= 15 is 0 Å². The summed E-state index contributed by atoms with van der Waals surface area (Å²) in [5, 5.41) is 25.9. The Morgan fingerprint density at radius 1 is 0.400 bits per heavy atom. The molecular weight excluding hydrogens is 415 g/mol. The lowest BCUT2D eigenvalue weighted by Gasteiger charge is -2.45. The zero-order valence-electron chi connectivity index (χ0n) is 16.0. The first-order valence-electron chi connectivity index (χ1n) is 9.54. The summed E-state index contributed by atoms with van der Waals surface area (Å²) in [5.74, 6) is 0. The van der Waals surface area contributed by atoms with Gasteiger partial charge in [0.1, 0.15) is 0 Å². The largest absolute Gasteiger partial charge is 0.377 e. The second-order valence-electron chi connectivity index (χ2n) is 7.17. The first-order chi connectivity index (χ1) is 14.5. The molecule has 4 aromatic carbocycles. The molecule has 0 heterocycles. The van der Waals surface area contributed by atoms with Crippen molar-refractivity contribution in [2.45, 2.75) is 11.2 Å². The van der Waals surface area contributed by atoms with E-state index in [0.29, 0.717) is 32.3 Å². The van der Waals surface area contributed by atoms with Gasteiger partial charge in [0.25, 0.3) is 0 Å². The Hall–Kier alpha value is -2.62. The second kappa shape index (κ2) is 8.25. The van der Waals surface area contributed by atoms with Crippen LogP contribution in [-0.4, -0.2) is 10.2 Å². The van der Waals surface area contributed by atoms with Crippen LogP contribution in [0.2, 0.25) is 10.0 Å². The van der Waals surface area contributed by atoms with Crippen LogP contribution in [0.3, 0.4) is 0 Å². The van der Waals surface area contributed by atoms with Crippen LogP contribution in [0.4, 0.5) is 0 Å². The van der Waals surface area contributed by atoms with Crippen LogP contribution >= 0.6 is 23.2 Å². The second-order valence-corrected chi connectivity index (χ2v) is 8.04. The van der Waals surface area contributed by atoms with Crippen molar-refractivity contribution in [1.29, 1.82) is 0 Å². The Morgan fingerprint density at radius 2 is 0.667 bits per heavy atom. The highest BCUT2D eigenvalue weighted by Crippen LogP contribution is 2.49. The van der Waals surface area contributed by atoms with Gasteiger partial charge in [0.15, 0.2) is 11.2 Å². The summed E-state index contributed by atoms with van der Waals surface area (Å²) in [7, 11) is 0. The maximum absolute atomic E-state index is 12.4. The van der Waals surface area contributed by atoms with Crippen molar-refractivity contribution < 1.29 is 10.2 Å². The highest BCUT2D eigenvalue weighted by atomic mass is 35.5. The van der Waals surface area contributed by atoms with Gasteiger partial charge >= 0.3 is 0 Å². The molecule has 0 saturated heterocycles. The van der Waals surface area contributed by atoms with Crippen molar-refractivity contribution in [2.75, 3.05) is 0 Å². The molecule has 2 N–H and O–H groups in total. The Bertz CT molecular complexity index is 1020. The van der Waals surface area contributed by atoms with E-state index in [0.717, 1.165) is 0 Å². The predicted molar refractivity (Wildman–Crippen MR) is 122 cm³/mol. The Morgan fingerprint density at radius 3 is 0.967 bits per heavy atom. The van der Waals surface area contributed by atoms with Crippen molar-refractivity contribution >= 4 is 23.2 Å². The lowest BCUT2D eigenvalue weighted by Crippen LogP contribution is -2.51. The van der Waals surface area contributed by atoms with Crippen molar-refractivity contribution in [1.82, 2.24) is 0 Å². The summed E-state index contributed by atoms with van der Waals surface area (Å²) in [6.45, 7) is 0. The molecule has 0 unspecified atom stereocenters. The lowest BCUT2D eigenvalue weighted by molar-refractivity contribution is -0.113. The van der Waals surface area contributed by atoms with Gasteiger partial charge in [-0.2, -0.15) is 0 Å². The zero-order chi connectivity index (χ0) is 21.2. The molecule has 0 aliphatic carbocycles. The topological polar surface area (TPSA) is 40.5 Å². The molecule has 4 heteroatoms. The third-order valence-electron chi connectivity index (χ3n) is 5.43. The van der Waals surface area contributed by atoms with E-state index in [9.17, 15) is 10.2 Å². The van der Waals surface area contributed by atoms with Gasteiger partial charge in [0.05, 0.1) is 0 Å². The third kappa shape index (κ3) is 3.42. The molecule has 0 aliphatic heterocycles. The third-order valence-corrected chi connectivity index (χ3v) is 5.93. The van der Waals surface area contributed by atoms with Crippen molar-refractivity contribution in [2.24, 2.45) is 0 Å². The van der Waals surface area contributed by atoms with Crippen LogP contribution in [0, 0.1) is 0 Å². The van der Waals surface area contributed by atoms with Crippen LogP contribution in [0.15, 0.2) is 109 Å². The first kappa shape index (κ1) is 20.6. The van der Waals surface area contributed by atoms with Gasteiger partial charge in [-0.15, -0.1) is 0 Å². The number of rotatable bonds is 5. The minimum Gasteiger partial charge on any atom is -0.377 e. The minimum atomic E-state index is -1.83. The fourth-order valence-corrected chi connectivity index (χ4v) is 4.16. The molecule has 0 saturated carbocycles. The maximum atomic E-state index is 12.4. The van der Waals surface area contributed by atoms with E-state index in [-0.39, 0.29) is 0 Å². The zero-order valence-corrected chi connectivity index (χ0v) is 17.6. The first-order valence-corrected chi connectivity index (χ1v) is 10.3. The maximum Gasteiger partial charge on any atom is 0.152 e. The molecule has 4 aromatic rings. The predicted octanol–water partition coefficient (Wildman–Crippen LogP) is 6.17. The van der Waals surface area contributed by atoms with E-state index in [1.54, 1.807) is 48.5 Å². The summed E-state index contributed by atoms with van der Waals surface area (Å²) in [4.78, 5) is 0. The lowest BCUT2D eigenvalue weighted by atomic mass is 9.66. The molecule has 0 spiro atoms. The van der Waals surface area contributed by atoms with E-state index in [4.69, 9.17) is 23.2 Å². The Kier molecular flexibility index (Phi) is 5.68. The summed E-state index contributed by atoms with van der Waals surface area (Å²) in [6, 6.07) is 32.1. The van der Waals surface area contributed by atoms with Crippen LogP contribution in [0.1, 0.15) is 22.3 Å². The molecule has 2 nitrogen and oxygen atoms in total. The molecular formula is C26H20Cl2O2. The molecule has 4 rings (SSSR count). The Labute approximate surface area is 186 Å². The summed E-state index contributed by atoms with van der Waals surface area (Å²) in [6.07, 6.45) is 0. The van der Waals surface area contributed by atoms with Gasteiger partial charge in [-0.3, -0.25) is 0 Å². The standard InChI is InChI=1S/C26H20Cl2O2/c27-23-15-11-21(12-16-23)26(30,22-13-17-24(28)18-14-22)25(29,19-7-3-1-4-8-19)20-9-5-2-6-10-20/h1-18,29-30H. The van der Waals surface area contributed by atoms with Crippen molar-refractivity contribution in [3.63, 3.8) is 0 Å². The van der Waals surface area contributed by atoms with Gasteiger partial charge in [0.2, 0.25) is 0 Å². The number of hydrogen-bond acceptors (Lipinski definition) is 2. The molecule has 0 radical (unpaired) electrons. The number of halogens is 2. The molecule has 150 valence electrons. The van der Waals surface area contributed by atoms with Crippen LogP contribution in [0.5, 0.6) is 0 Å². The Balaban J connectivity index is 2.08.